The van der Waals surface area contributed by atoms with Crippen molar-refractivity contribution >= 4 is 0 Å². The molecule has 86 valence electrons. The van der Waals surface area contributed by atoms with Crippen molar-refractivity contribution in [3.05, 3.63) is 47.1 Å². The van der Waals surface area contributed by atoms with Crippen LogP contribution in [0, 0.1) is 5.92 Å². The summed E-state index contributed by atoms with van der Waals surface area (Å²) in [6, 6.07) is 0. The van der Waals surface area contributed by atoms with Crippen molar-refractivity contribution in [1.82, 2.24) is 0 Å². The van der Waals surface area contributed by atoms with Crippen LogP contribution in [0.25, 0.3) is 0 Å². The first-order chi connectivity index (χ1) is 7.79. The van der Waals surface area contributed by atoms with Crippen LogP contribution in [-0.2, 0) is 0 Å². The van der Waals surface area contributed by atoms with E-state index in [2.05, 4.69) is 44.2 Å². The van der Waals surface area contributed by atoms with Crippen molar-refractivity contribution < 1.29 is 0 Å². The second-order valence-corrected chi connectivity index (χ2v) is 4.99. The van der Waals surface area contributed by atoms with Gasteiger partial charge in [-0.05, 0) is 38.0 Å². The maximum atomic E-state index is 2.37. The molecule has 0 amide bonds. The number of hydrogen-bond acceptors (Lipinski definition) is 0. The van der Waals surface area contributed by atoms with E-state index in [1.165, 1.54) is 32.1 Å². The van der Waals surface area contributed by atoms with Gasteiger partial charge in [0.1, 0.15) is 0 Å². The number of hydrogen-bond donors (Lipinski definition) is 0. The van der Waals surface area contributed by atoms with Gasteiger partial charge in [-0.15, -0.1) is 0 Å². The normalized spacial score (nSPS) is 24.9. The van der Waals surface area contributed by atoms with Crippen LogP contribution in [0.4, 0.5) is 0 Å². The van der Waals surface area contributed by atoms with Gasteiger partial charge in [-0.3, -0.25) is 0 Å². The summed E-state index contributed by atoms with van der Waals surface area (Å²) in [5, 5.41) is 0. The molecule has 0 spiro atoms. The fraction of sp³-hybridized carbons (Fsp3) is 0.500. The van der Waals surface area contributed by atoms with Crippen LogP contribution >= 0.6 is 0 Å². The van der Waals surface area contributed by atoms with E-state index in [1.54, 1.807) is 16.7 Å². The summed E-state index contributed by atoms with van der Waals surface area (Å²) in [7, 11) is 0. The lowest BCUT2D eigenvalue weighted by Gasteiger charge is -2.22. The Morgan fingerprint density at radius 1 is 1.19 bits per heavy atom. The van der Waals surface area contributed by atoms with E-state index < -0.39 is 0 Å². The topological polar surface area (TPSA) is 0 Å². The monoisotopic (exact) mass is 214 g/mol. The van der Waals surface area contributed by atoms with Crippen molar-refractivity contribution in [2.45, 2.75) is 46.0 Å². The molecule has 2 rings (SSSR count). The summed E-state index contributed by atoms with van der Waals surface area (Å²) in [5.41, 5.74) is 4.83. The molecule has 0 aromatic heterocycles. The molecule has 16 heavy (non-hydrogen) atoms. The van der Waals surface area contributed by atoms with Gasteiger partial charge in [0.25, 0.3) is 0 Å². The zero-order valence-corrected chi connectivity index (χ0v) is 10.5. The Kier molecular flexibility index (Phi) is 3.82. The maximum Gasteiger partial charge on any atom is -0.00993 e. The van der Waals surface area contributed by atoms with Gasteiger partial charge in [0, 0.05) is 0 Å². The largest absolute Gasteiger partial charge is 0.0842 e. The summed E-state index contributed by atoms with van der Waals surface area (Å²) in [5.74, 6) is 0.742. The van der Waals surface area contributed by atoms with E-state index >= 15 is 0 Å². The van der Waals surface area contributed by atoms with Gasteiger partial charge in [0.05, 0.1) is 0 Å². The molecule has 0 fully saturated rings. The molecule has 1 unspecified atom stereocenters. The van der Waals surface area contributed by atoms with Crippen LogP contribution in [0.15, 0.2) is 47.1 Å². The fourth-order valence-electron chi connectivity index (χ4n) is 2.54. The Balaban J connectivity index is 2.04. The molecule has 0 saturated carbocycles. The zero-order chi connectivity index (χ0) is 11.4. The van der Waals surface area contributed by atoms with E-state index in [4.69, 9.17) is 0 Å². The van der Waals surface area contributed by atoms with Gasteiger partial charge < -0.3 is 0 Å². The molecule has 0 heterocycles. The average Bonchev–Trinajstić information content (AvgIpc) is 2.33. The van der Waals surface area contributed by atoms with E-state index in [9.17, 15) is 0 Å². The Hall–Kier alpha value is -1.04. The van der Waals surface area contributed by atoms with Crippen molar-refractivity contribution in [3.8, 4) is 0 Å². The molecular formula is C16H22. The predicted molar refractivity (Wildman–Crippen MR) is 71.3 cm³/mol. The molecule has 2 aliphatic carbocycles. The lowest BCUT2D eigenvalue weighted by molar-refractivity contribution is 0.626. The molecule has 0 heteroatoms. The second-order valence-electron chi connectivity index (χ2n) is 4.99. The Labute approximate surface area is 99.4 Å². The van der Waals surface area contributed by atoms with Crippen LogP contribution < -0.4 is 0 Å². The number of rotatable bonds is 3. The summed E-state index contributed by atoms with van der Waals surface area (Å²) in [6.45, 7) is 4.62. The van der Waals surface area contributed by atoms with Gasteiger partial charge in [-0.1, -0.05) is 60.9 Å². The molecule has 0 bridgehead atoms. The lowest BCUT2D eigenvalue weighted by atomic mass is 9.83. The van der Waals surface area contributed by atoms with Crippen LogP contribution in [-0.4, -0.2) is 0 Å². The van der Waals surface area contributed by atoms with E-state index in [1.807, 2.05) is 0 Å². The van der Waals surface area contributed by atoms with Crippen LogP contribution in [0.2, 0.25) is 0 Å². The Morgan fingerprint density at radius 3 is 2.69 bits per heavy atom. The van der Waals surface area contributed by atoms with Crippen molar-refractivity contribution in [2.24, 2.45) is 5.92 Å². The van der Waals surface area contributed by atoms with Gasteiger partial charge in [-0.25, -0.2) is 0 Å². The zero-order valence-electron chi connectivity index (χ0n) is 10.5. The Morgan fingerprint density at radius 2 is 2.06 bits per heavy atom. The maximum absolute atomic E-state index is 2.37. The lowest BCUT2D eigenvalue weighted by Crippen LogP contribution is -2.06. The fourth-order valence-corrected chi connectivity index (χ4v) is 2.54. The third-order valence-electron chi connectivity index (χ3n) is 3.72. The molecule has 0 N–H and O–H groups in total. The van der Waals surface area contributed by atoms with Crippen LogP contribution in [0.1, 0.15) is 46.0 Å². The van der Waals surface area contributed by atoms with Crippen molar-refractivity contribution in [3.63, 3.8) is 0 Å². The van der Waals surface area contributed by atoms with E-state index in [0.29, 0.717) is 0 Å². The van der Waals surface area contributed by atoms with E-state index in [0.717, 1.165) is 5.92 Å². The highest BCUT2D eigenvalue weighted by Crippen LogP contribution is 2.32. The molecule has 1 atom stereocenters. The third-order valence-corrected chi connectivity index (χ3v) is 3.72. The van der Waals surface area contributed by atoms with Gasteiger partial charge in [0.15, 0.2) is 0 Å². The third kappa shape index (κ3) is 2.75. The summed E-state index contributed by atoms with van der Waals surface area (Å²) < 4.78 is 0. The highest BCUT2D eigenvalue weighted by molar-refractivity contribution is 5.31. The second kappa shape index (κ2) is 5.34. The first kappa shape index (κ1) is 11.4. The number of allylic oxidation sites excluding steroid dienone is 8. The van der Waals surface area contributed by atoms with Gasteiger partial charge >= 0.3 is 0 Å². The van der Waals surface area contributed by atoms with Crippen LogP contribution in [0.5, 0.6) is 0 Å². The first-order valence-corrected chi connectivity index (χ1v) is 6.52. The average molecular weight is 214 g/mol. The first-order valence-electron chi connectivity index (χ1n) is 6.52. The molecule has 0 aromatic rings. The highest BCUT2D eigenvalue weighted by Gasteiger charge is 2.15. The minimum atomic E-state index is 0.742. The van der Waals surface area contributed by atoms with Gasteiger partial charge in [0.2, 0.25) is 0 Å². The quantitative estimate of drug-likeness (QED) is 0.623. The minimum absolute atomic E-state index is 0.742. The summed E-state index contributed by atoms with van der Waals surface area (Å²) in [6.07, 6.45) is 17.6. The SMILES string of the molecule is CCC1=CC=C(CC2=CC=CCC2)C(C)C1. The molecule has 2 aliphatic rings. The smallest absolute Gasteiger partial charge is 0.00993 e. The molecule has 0 aromatic carbocycles. The predicted octanol–water partition coefficient (Wildman–Crippen LogP) is 4.96. The molecule has 0 nitrogen and oxygen atoms in total. The van der Waals surface area contributed by atoms with Crippen molar-refractivity contribution in [2.75, 3.05) is 0 Å². The molecule has 0 saturated heterocycles. The molecule has 0 radical (unpaired) electrons. The minimum Gasteiger partial charge on any atom is -0.0842 e. The van der Waals surface area contributed by atoms with Crippen LogP contribution in [0.3, 0.4) is 0 Å². The Bertz CT molecular complexity index is 363. The summed E-state index contributed by atoms with van der Waals surface area (Å²) in [4.78, 5) is 0. The molecular weight excluding hydrogens is 192 g/mol. The standard InChI is InChI=1S/C16H22/c1-3-14-9-10-16(13(2)11-14)12-15-7-5-4-6-8-15/h4-5,7,9-10,13H,3,6,8,11-12H2,1-2H3. The van der Waals surface area contributed by atoms with Gasteiger partial charge in [-0.2, -0.15) is 0 Å². The summed E-state index contributed by atoms with van der Waals surface area (Å²) >= 11 is 0. The molecule has 0 aliphatic heterocycles. The highest BCUT2D eigenvalue weighted by atomic mass is 14.2. The van der Waals surface area contributed by atoms with Crippen molar-refractivity contribution in [1.29, 1.82) is 0 Å². The van der Waals surface area contributed by atoms with E-state index in [-0.39, 0.29) is 0 Å².